The molecule has 4 heteroatoms. The molecule has 72 valence electrons. The molecule has 0 spiro atoms. The van der Waals surface area contributed by atoms with E-state index in [1.54, 1.807) is 13.2 Å². The van der Waals surface area contributed by atoms with E-state index in [-0.39, 0.29) is 5.78 Å². The first kappa shape index (κ1) is 10.3. The Morgan fingerprint density at radius 2 is 2.38 bits per heavy atom. The molecule has 0 unspecified atom stereocenters. The van der Waals surface area contributed by atoms with Crippen molar-refractivity contribution in [2.24, 2.45) is 0 Å². The summed E-state index contributed by atoms with van der Waals surface area (Å²) in [4.78, 5) is 15.7. The molecule has 13 heavy (non-hydrogen) atoms. The van der Waals surface area contributed by atoms with Crippen molar-refractivity contribution in [1.82, 2.24) is 10.3 Å². The standard InChI is InChI=1S/C9H14N2OS/c1-9(2,10-3)7(12)6-8-11-4-5-13-8/h4-5,10H,6H2,1-3H3. The summed E-state index contributed by atoms with van der Waals surface area (Å²) in [6, 6.07) is 0. The average molecular weight is 198 g/mol. The first-order chi connectivity index (χ1) is 6.06. The van der Waals surface area contributed by atoms with Crippen LogP contribution in [0.3, 0.4) is 0 Å². The fourth-order valence-electron chi connectivity index (χ4n) is 0.838. The molecule has 1 rings (SSSR count). The summed E-state index contributed by atoms with van der Waals surface area (Å²) in [6.45, 7) is 3.76. The molecule has 0 aliphatic rings. The third-order valence-electron chi connectivity index (χ3n) is 2.12. The van der Waals surface area contributed by atoms with Crippen molar-refractivity contribution in [3.8, 4) is 0 Å². The van der Waals surface area contributed by atoms with Gasteiger partial charge < -0.3 is 5.32 Å². The minimum Gasteiger partial charge on any atom is -0.308 e. The average Bonchev–Trinajstić information content (AvgIpc) is 2.57. The van der Waals surface area contributed by atoms with Crippen LogP contribution >= 0.6 is 11.3 Å². The third-order valence-corrected chi connectivity index (χ3v) is 2.90. The van der Waals surface area contributed by atoms with Gasteiger partial charge in [-0.25, -0.2) is 4.98 Å². The molecular formula is C9H14N2OS. The van der Waals surface area contributed by atoms with Crippen LogP contribution in [0, 0.1) is 0 Å². The second-order valence-electron chi connectivity index (χ2n) is 3.40. The number of rotatable bonds is 4. The molecule has 1 aromatic heterocycles. The molecule has 1 heterocycles. The van der Waals surface area contributed by atoms with Crippen LogP contribution in [0.15, 0.2) is 11.6 Å². The van der Waals surface area contributed by atoms with Gasteiger partial charge in [0.1, 0.15) is 0 Å². The Balaban J connectivity index is 2.61. The minimum absolute atomic E-state index is 0.171. The second-order valence-corrected chi connectivity index (χ2v) is 4.38. The molecule has 0 amide bonds. The number of likely N-dealkylation sites (N-methyl/N-ethyl adjacent to an activating group) is 1. The van der Waals surface area contributed by atoms with E-state index >= 15 is 0 Å². The molecule has 0 aromatic carbocycles. The van der Waals surface area contributed by atoms with Gasteiger partial charge in [0.2, 0.25) is 0 Å². The summed E-state index contributed by atoms with van der Waals surface area (Å²) >= 11 is 1.52. The van der Waals surface area contributed by atoms with Crippen molar-refractivity contribution < 1.29 is 4.79 Å². The Hall–Kier alpha value is -0.740. The van der Waals surface area contributed by atoms with E-state index in [0.717, 1.165) is 5.01 Å². The minimum atomic E-state index is -0.453. The van der Waals surface area contributed by atoms with Crippen LogP contribution in [0.2, 0.25) is 0 Å². The molecule has 0 bridgehead atoms. The highest BCUT2D eigenvalue weighted by molar-refractivity contribution is 7.09. The maximum atomic E-state index is 11.7. The smallest absolute Gasteiger partial charge is 0.159 e. The SMILES string of the molecule is CNC(C)(C)C(=O)Cc1nccs1. The van der Waals surface area contributed by atoms with Gasteiger partial charge in [0.15, 0.2) is 5.78 Å². The normalized spacial score (nSPS) is 11.6. The predicted molar refractivity (Wildman–Crippen MR) is 54.0 cm³/mol. The Morgan fingerprint density at radius 3 is 2.85 bits per heavy atom. The van der Waals surface area contributed by atoms with Crippen molar-refractivity contribution in [2.75, 3.05) is 7.05 Å². The molecule has 1 N–H and O–H groups in total. The van der Waals surface area contributed by atoms with E-state index in [0.29, 0.717) is 6.42 Å². The third kappa shape index (κ3) is 2.60. The maximum absolute atomic E-state index is 11.7. The Bertz CT molecular complexity index is 280. The first-order valence-electron chi connectivity index (χ1n) is 4.17. The molecule has 1 aromatic rings. The molecule has 0 fully saturated rings. The van der Waals surface area contributed by atoms with Gasteiger partial charge in [0.05, 0.1) is 17.0 Å². The fraction of sp³-hybridized carbons (Fsp3) is 0.556. The number of carbonyl (C=O) groups excluding carboxylic acids is 1. The molecule has 0 aliphatic heterocycles. The van der Waals surface area contributed by atoms with Crippen molar-refractivity contribution in [1.29, 1.82) is 0 Å². The largest absolute Gasteiger partial charge is 0.308 e. The van der Waals surface area contributed by atoms with Crippen molar-refractivity contribution >= 4 is 17.1 Å². The highest BCUT2D eigenvalue weighted by atomic mass is 32.1. The molecular weight excluding hydrogens is 184 g/mol. The number of carbonyl (C=O) groups is 1. The van der Waals surface area contributed by atoms with Crippen LogP contribution in [0.5, 0.6) is 0 Å². The van der Waals surface area contributed by atoms with E-state index in [2.05, 4.69) is 10.3 Å². The summed E-state index contributed by atoms with van der Waals surface area (Å²) in [6.07, 6.45) is 2.14. The van der Waals surface area contributed by atoms with E-state index in [9.17, 15) is 4.79 Å². The number of hydrogen-bond donors (Lipinski definition) is 1. The van der Waals surface area contributed by atoms with Crippen LogP contribution in [0.1, 0.15) is 18.9 Å². The first-order valence-corrected chi connectivity index (χ1v) is 5.05. The lowest BCUT2D eigenvalue weighted by Gasteiger charge is -2.21. The zero-order chi connectivity index (χ0) is 9.90. The summed E-state index contributed by atoms with van der Waals surface area (Å²) in [5, 5.41) is 5.75. The number of thiazole rings is 1. The number of aromatic nitrogens is 1. The number of nitrogens with one attached hydrogen (secondary N) is 1. The van der Waals surface area contributed by atoms with Gasteiger partial charge in [-0.15, -0.1) is 11.3 Å². The number of Topliss-reactive ketones (excluding diaryl/α,β-unsaturated/α-hetero) is 1. The number of hydrogen-bond acceptors (Lipinski definition) is 4. The van der Waals surface area contributed by atoms with Gasteiger partial charge in [0, 0.05) is 11.6 Å². The van der Waals surface area contributed by atoms with Crippen molar-refractivity contribution in [2.45, 2.75) is 25.8 Å². The van der Waals surface area contributed by atoms with Crippen molar-refractivity contribution in [3.05, 3.63) is 16.6 Å². The van der Waals surface area contributed by atoms with Crippen LogP contribution in [0.4, 0.5) is 0 Å². The molecule has 3 nitrogen and oxygen atoms in total. The van der Waals surface area contributed by atoms with E-state index in [1.807, 2.05) is 19.2 Å². The quantitative estimate of drug-likeness (QED) is 0.791. The summed E-state index contributed by atoms with van der Waals surface area (Å²) in [5.74, 6) is 0.171. The topological polar surface area (TPSA) is 42.0 Å². The van der Waals surface area contributed by atoms with E-state index in [4.69, 9.17) is 0 Å². The van der Waals surface area contributed by atoms with Gasteiger partial charge in [-0.2, -0.15) is 0 Å². The molecule has 0 atom stereocenters. The Labute approximate surface area is 82.2 Å². The van der Waals surface area contributed by atoms with Crippen LogP contribution in [-0.2, 0) is 11.2 Å². The summed E-state index contributed by atoms with van der Waals surface area (Å²) in [5.41, 5.74) is -0.453. The van der Waals surface area contributed by atoms with Crippen molar-refractivity contribution in [3.63, 3.8) is 0 Å². The predicted octanol–water partition coefficient (Wildman–Crippen LogP) is 1.25. The van der Waals surface area contributed by atoms with Crippen LogP contribution < -0.4 is 5.32 Å². The molecule has 0 radical (unpaired) electrons. The molecule has 0 aliphatic carbocycles. The van der Waals surface area contributed by atoms with Gasteiger partial charge in [-0.3, -0.25) is 4.79 Å². The van der Waals surface area contributed by atoms with Gasteiger partial charge >= 0.3 is 0 Å². The molecule has 0 saturated carbocycles. The lowest BCUT2D eigenvalue weighted by Crippen LogP contribution is -2.45. The monoisotopic (exact) mass is 198 g/mol. The molecule has 0 saturated heterocycles. The zero-order valence-corrected chi connectivity index (χ0v) is 8.94. The highest BCUT2D eigenvalue weighted by Crippen LogP contribution is 2.11. The van der Waals surface area contributed by atoms with E-state index in [1.165, 1.54) is 11.3 Å². The van der Waals surface area contributed by atoms with Crippen LogP contribution in [0.25, 0.3) is 0 Å². The lowest BCUT2D eigenvalue weighted by atomic mass is 9.97. The summed E-state index contributed by atoms with van der Waals surface area (Å²) < 4.78 is 0. The lowest BCUT2D eigenvalue weighted by molar-refractivity contribution is -0.123. The van der Waals surface area contributed by atoms with Gasteiger partial charge in [-0.05, 0) is 20.9 Å². The Morgan fingerprint density at radius 1 is 1.69 bits per heavy atom. The maximum Gasteiger partial charge on any atom is 0.159 e. The highest BCUT2D eigenvalue weighted by Gasteiger charge is 2.25. The summed E-state index contributed by atoms with van der Waals surface area (Å²) in [7, 11) is 1.79. The van der Waals surface area contributed by atoms with Crippen LogP contribution in [-0.4, -0.2) is 23.4 Å². The fourth-order valence-corrected chi connectivity index (χ4v) is 1.45. The van der Waals surface area contributed by atoms with Gasteiger partial charge in [-0.1, -0.05) is 0 Å². The van der Waals surface area contributed by atoms with Gasteiger partial charge in [0.25, 0.3) is 0 Å². The number of nitrogens with zero attached hydrogens (tertiary/aromatic N) is 1. The van der Waals surface area contributed by atoms with E-state index < -0.39 is 5.54 Å². The second kappa shape index (κ2) is 3.98. The Kier molecular flexibility index (Phi) is 3.17. The number of ketones is 1. The zero-order valence-electron chi connectivity index (χ0n) is 8.13.